The number of aromatic amines is 1. The molecule has 0 radical (unpaired) electrons. The maximum atomic E-state index is 13.9. The third-order valence-electron chi connectivity index (χ3n) is 3.51. The lowest BCUT2D eigenvalue weighted by molar-refractivity contribution is -0.196. The van der Waals surface area contributed by atoms with Gasteiger partial charge in [-0.3, -0.25) is 9.78 Å². The van der Waals surface area contributed by atoms with Gasteiger partial charge >= 0.3 is 17.6 Å². The number of carboxylic acids is 2. The first-order valence-corrected chi connectivity index (χ1v) is 6.26. The number of halogens is 1. The number of aromatic nitrogens is 2. The molecule has 0 spiro atoms. The van der Waals surface area contributed by atoms with Crippen molar-refractivity contribution in [3.8, 4) is 0 Å². The largest absolute Gasteiger partial charge is 0.478 e. The minimum absolute atomic E-state index is 0.335. The second-order valence-electron chi connectivity index (χ2n) is 4.84. The number of hydrogen-bond donors (Lipinski definition) is 6. The Morgan fingerprint density at radius 2 is 1.88 bits per heavy atom. The summed E-state index contributed by atoms with van der Waals surface area (Å²) in [5.41, 5.74) is -8.44. The quantitative estimate of drug-likeness (QED) is 0.313. The molecule has 0 unspecified atom stereocenters. The lowest BCUT2D eigenvalue weighted by Gasteiger charge is -2.30. The van der Waals surface area contributed by atoms with E-state index in [0.717, 1.165) is 0 Å². The molecule has 4 atom stereocenters. The van der Waals surface area contributed by atoms with Crippen LogP contribution in [0.3, 0.4) is 0 Å². The zero-order valence-electron chi connectivity index (χ0n) is 11.5. The van der Waals surface area contributed by atoms with Gasteiger partial charge in [0.2, 0.25) is 5.82 Å². The van der Waals surface area contributed by atoms with Crippen molar-refractivity contribution in [1.29, 1.82) is 0 Å². The number of aliphatic carboxylic acids is 1. The van der Waals surface area contributed by atoms with Gasteiger partial charge in [0, 0.05) is 0 Å². The van der Waals surface area contributed by atoms with Crippen molar-refractivity contribution < 1.29 is 44.2 Å². The summed E-state index contributed by atoms with van der Waals surface area (Å²) < 4.78 is 18.3. The van der Waals surface area contributed by atoms with Crippen molar-refractivity contribution in [1.82, 2.24) is 9.55 Å². The van der Waals surface area contributed by atoms with Crippen molar-refractivity contribution >= 4 is 11.9 Å². The molecule has 0 amide bonds. The lowest BCUT2D eigenvalue weighted by Crippen LogP contribution is -2.58. The average Bonchev–Trinajstić information content (AvgIpc) is 2.75. The summed E-state index contributed by atoms with van der Waals surface area (Å²) in [5.74, 6) is -6.38. The van der Waals surface area contributed by atoms with Crippen LogP contribution >= 0.6 is 0 Å². The number of H-pyrrole nitrogens is 1. The van der Waals surface area contributed by atoms with Gasteiger partial charge < -0.3 is 30.3 Å². The first-order valence-electron chi connectivity index (χ1n) is 6.26. The van der Waals surface area contributed by atoms with E-state index in [1.165, 1.54) is 4.98 Å². The molecule has 1 aromatic rings. The van der Waals surface area contributed by atoms with Gasteiger partial charge in [-0.2, -0.15) is 4.39 Å². The Bertz CT molecular complexity index is 816. The van der Waals surface area contributed by atoms with Gasteiger partial charge in [0.25, 0.3) is 11.3 Å². The van der Waals surface area contributed by atoms with Gasteiger partial charge in [0.05, 0.1) is 6.61 Å². The Morgan fingerprint density at radius 1 is 1.29 bits per heavy atom. The number of aliphatic hydroxyl groups excluding tert-OH is 3. The van der Waals surface area contributed by atoms with E-state index >= 15 is 0 Å². The minimum Gasteiger partial charge on any atom is -0.478 e. The van der Waals surface area contributed by atoms with E-state index in [1.54, 1.807) is 0 Å². The summed E-state index contributed by atoms with van der Waals surface area (Å²) in [4.78, 5) is 47.3. The van der Waals surface area contributed by atoms with Crippen molar-refractivity contribution in [3.63, 3.8) is 0 Å². The molecule has 1 aliphatic rings. The number of carbonyl (C=O) groups is 2. The molecule has 13 heteroatoms. The molecular weight excluding hydrogens is 339 g/mol. The number of nitrogens with one attached hydrogen (secondary N) is 1. The van der Waals surface area contributed by atoms with Crippen LogP contribution in [0.2, 0.25) is 0 Å². The van der Waals surface area contributed by atoms with E-state index in [0.29, 0.717) is 0 Å². The Kier molecular flexibility index (Phi) is 4.28. The topological polar surface area (TPSA) is 199 Å². The van der Waals surface area contributed by atoms with E-state index in [9.17, 15) is 38.9 Å². The molecule has 0 saturated carbocycles. The number of hydrogen-bond acceptors (Lipinski definition) is 8. The second kappa shape index (κ2) is 5.79. The van der Waals surface area contributed by atoms with E-state index in [1.807, 2.05) is 0 Å². The van der Waals surface area contributed by atoms with Crippen LogP contribution in [0.1, 0.15) is 10.5 Å². The van der Waals surface area contributed by atoms with Crippen LogP contribution in [0.25, 0.3) is 0 Å². The highest BCUT2D eigenvalue weighted by Gasteiger charge is 2.62. The molecule has 2 heterocycles. The van der Waals surface area contributed by atoms with E-state index in [2.05, 4.69) is 0 Å². The molecule has 0 aromatic carbocycles. The smallest absolute Gasteiger partial charge is 0.361 e. The van der Waals surface area contributed by atoms with Crippen LogP contribution in [0.4, 0.5) is 4.39 Å². The number of nitrogens with zero attached hydrogens (tertiary/aromatic N) is 1. The molecule has 1 aliphatic heterocycles. The van der Waals surface area contributed by atoms with Gasteiger partial charge in [-0.15, -0.1) is 0 Å². The van der Waals surface area contributed by atoms with Crippen molar-refractivity contribution in [2.75, 3.05) is 6.61 Å². The normalized spacial score (nSPS) is 29.6. The van der Waals surface area contributed by atoms with Crippen molar-refractivity contribution in [3.05, 3.63) is 32.3 Å². The summed E-state index contributed by atoms with van der Waals surface area (Å²) >= 11 is 0. The van der Waals surface area contributed by atoms with Crippen LogP contribution in [0.15, 0.2) is 9.59 Å². The first kappa shape index (κ1) is 17.7. The number of aromatic carboxylic acids is 1. The number of aliphatic hydroxyl groups is 3. The predicted octanol–water partition coefficient (Wildman–Crippen LogP) is -3.78. The zero-order chi connectivity index (χ0) is 18.4. The standard InChI is InChI=1S/C11H11FN2O10/c12-3-4(8(19)20)14(10(23)13-7(3)18)11(9(21)22)6(17)5(16)2(1-15)24-11/h2,5-6,15-17H,1H2,(H,19,20)(H,21,22)(H,13,18,23)/t2-,5-,6-,11+/m1/s1. The minimum atomic E-state index is -3.29. The zero-order valence-corrected chi connectivity index (χ0v) is 11.5. The Labute approximate surface area is 130 Å². The molecule has 12 nitrogen and oxygen atoms in total. The molecule has 1 fully saturated rings. The van der Waals surface area contributed by atoms with Gasteiger partial charge in [-0.25, -0.2) is 19.0 Å². The van der Waals surface area contributed by atoms with Gasteiger partial charge in [0.15, 0.2) is 5.69 Å². The summed E-state index contributed by atoms with van der Waals surface area (Å²) in [6, 6.07) is 0. The maximum Gasteiger partial charge on any atom is 0.361 e. The Morgan fingerprint density at radius 3 is 2.29 bits per heavy atom. The van der Waals surface area contributed by atoms with Crippen LogP contribution in [-0.2, 0) is 15.3 Å². The Hall–Kier alpha value is -2.61. The molecule has 132 valence electrons. The maximum absolute atomic E-state index is 13.9. The SMILES string of the molecule is O=C(O)c1c(F)c(=O)[nH]c(=O)n1[C@]1(C(=O)O)O[C@H](CO)[C@@H](O)[C@H]1O. The fourth-order valence-electron chi connectivity index (χ4n) is 2.43. The average molecular weight is 350 g/mol. The molecule has 2 rings (SSSR count). The van der Waals surface area contributed by atoms with Gasteiger partial charge in [0.1, 0.15) is 18.3 Å². The monoisotopic (exact) mass is 350 g/mol. The summed E-state index contributed by atoms with van der Waals surface area (Å²) in [6.45, 7) is -1.00. The van der Waals surface area contributed by atoms with Crippen molar-refractivity contribution in [2.45, 2.75) is 24.0 Å². The molecule has 6 N–H and O–H groups in total. The van der Waals surface area contributed by atoms with Gasteiger partial charge in [-0.1, -0.05) is 0 Å². The van der Waals surface area contributed by atoms with Crippen LogP contribution in [0.5, 0.6) is 0 Å². The highest BCUT2D eigenvalue weighted by Crippen LogP contribution is 2.36. The highest BCUT2D eigenvalue weighted by atomic mass is 19.1. The number of rotatable bonds is 4. The van der Waals surface area contributed by atoms with Crippen LogP contribution in [-0.4, -0.2) is 71.9 Å². The Balaban J connectivity index is 2.93. The molecule has 1 aromatic heterocycles. The molecule has 1 saturated heterocycles. The molecule has 24 heavy (non-hydrogen) atoms. The first-order chi connectivity index (χ1) is 11.1. The van der Waals surface area contributed by atoms with Crippen LogP contribution in [0, 0.1) is 5.82 Å². The molecular formula is C11H11FN2O10. The molecule has 0 aliphatic carbocycles. The van der Waals surface area contributed by atoms with Crippen molar-refractivity contribution in [2.24, 2.45) is 0 Å². The number of carboxylic acid groups (broad SMARTS) is 2. The summed E-state index contributed by atoms with van der Waals surface area (Å²) in [5, 5.41) is 47.1. The lowest BCUT2D eigenvalue weighted by atomic mass is 10.0. The summed E-state index contributed by atoms with van der Waals surface area (Å²) in [6.07, 6.45) is -6.23. The van der Waals surface area contributed by atoms with E-state index in [-0.39, 0.29) is 4.57 Å². The number of ether oxygens (including phenoxy) is 1. The fourth-order valence-corrected chi connectivity index (χ4v) is 2.43. The third kappa shape index (κ3) is 2.22. The predicted molar refractivity (Wildman–Crippen MR) is 67.8 cm³/mol. The molecule has 0 bridgehead atoms. The van der Waals surface area contributed by atoms with Crippen LogP contribution < -0.4 is 11.2 Å². The second-order valence-corrected chi connectivity index (χ2v) is 4.84. The van der Waals surface area contributed by atoms with Gasteiger partial charge in [-0.05, 0) is 0 Å². The third-order valence-corrected chi connectivity index (χ3v) is 3.51. The fraction of sp³-hybridized carbons (Fsp3) is 0.455. The van der Waals surface area contributed by atoms with E-state index < -0.39 is 65.3 Å². The highest BCUT2D eigenvalue weighted by molar-refractivity contribution is 5.87. The summed E-state index contributed by atoms with van der Waals surface area (Å²) in [7, 11) is 0. The van der Waals surface area contributed by atoms with E-state index in [4.69, 9.17) is 14.9 Å².